The van der Waals surface area contributed by atoms with Crippen LogP contribution in [0.1, 0.15) is 5.56 Å². The molecule has 2 aromatic heterocycles. The number of para-hydroxylation sites is 2. The zero-order chi connectivity index (χ0) is 37.2. The van der Waals surface area contributed by atoms with Gasteiger partial charge in [-0.25, -0.2) is 9.97 Å². The number of aryl methyl sites for hydroxylation is 1. The van der Waals surface area contributed by atoms with E-state index in [9.17, 15) is 0 Å². The van der Waals surface area contributed by atoms with Crippen LogP contribution in [0.15, 0.2) is 198 Å². The first kappa shape index (κ1) is 32.5. The SMILES string of the molecule is Cc1cc(-c2ccc3c4ccccc4n(-c4ccc(-c5ccccc5)cc4)c3c2)ccc1N(c1ccccc1)c1nc2c3c(cccc3n1)Sc1ccccc1-2. The second kappa shape index (κ2) is 13.1. The van der Waals surface area contributed by atoms with Crippen LogP contribution in [0.5, 0.6) is 0 Å². The Balaban J connectivity index is 1.03. The molecule has 11 rings (SSSR count). The van der Waals surface area contributed by atoms with Crippen molar-refractivity contribution in [1.29, 1.82) is 0 Å². The van der Waals surface area contributed by atoms with Crippen LogP contribution in [0.3, 0.4) is 0 Å². The van der Waals surface area contributed by atoms with Crippen molar-refractivity contribution in [1.82, 2.24) is 14.5 Å². The predicted octanol–water partition coefficient (Wildman–Crippen LogP) is 14.0. The molecule has 0 fully saturated rings. The number of aromatic nitrogens is 3. The Morgan fingerprint density at radius 2 is 1.16 bits per heavy atom. The van der Waals surface area contributed by atoms with Gasteiger partial charge in [0.05, 0.1) is 27.9 Å². The number of nitrogens with zero attached hydrogens (tertiary/aromatic N) is 4. The normalized spacial score (nSPS) is 11.9. The molecule has 0 N–H and O–H groups in total. The zero-order valence-corrected chi connectivity index (χ0v) is 31.4. The van der Waals surface area contributed by atoms with E-state index >= 15 is 0 Å². The second-order valence-electron chi connectivity index (χ2n) is 14.3. The number of benzene rings is 8. The predicted molar refractivity (Wildman–Crippen MR) is 234 cm³/mol. The molecule has 5 heteroatoms. The molecular formula is C51H34N4S. The van der Waals surface area contributed by atoms with Gasteiger partial charge in [-0.1, -0.05) is 133 Å². The van der Waals surface area contributed by atoms with Crippen molar-refractivity contribution >= 4 is 61.8 Å². The zero-order valence-electron chi connectivity index (χ0n) is 30.6. The van der Waals surface area contributed by atoms with E-state index in [4.69, 9.17) is 9.97 Å². The molecule has 0 saturated heterocycles. The molecule has 3 heterocycles. The topological polar surface area (TPSA) is 34.0 Å². The molecule has 0 radical (unpaired) electrons. The summed E-state index contributed by atoms with van der Waals surface area (Å²) in [7, 11) is 0. The fourth-order valence-electron chi connectivity index (χ4n) is 8.28. The summed E-state index contributed by atoms with van der Waals surface area (Å²) in [6.07, 6.45) is 0. The van der Waals surface area contributed by atoms with Crippen molar-refractivity contribution in [3.63, 3.8) is 0 Å². The molecule has 1 aliphatic rings. The molecule has 56 heavy (non-hydrogen) atoms. The molecule has 0 unspecified atom stereocenters. The molecule has 1 aliphatic heterocycles. The lowest BCUT2D eigenvalue weighted by atomic mass is 10.00. The summed E-state index contributed by atoms with van der Waals surface area (Å²) in [5.74, 6) is 0.651. The third kappa shape index (κ3) is 5.31. The summed E-state index contributed by atoms with van der Waals surface area (Å²) in [5.41, 5.74) is 14.5. The van der Waals surface area contributed by atoms with Gasteiger partial charge in [0.15, 0.2) is 0 Å². The molecule has 0 saturated carbocycles. The van der Waals surface area contributed by atoms with Gasteiger partial charge >= 0.3 is 0 Å². The van der Waals surface area contributed by atoms with Crippen LogP contribution >= 0.6 is 11.8 Å². The summed E-state index contributed by atoms with van der Waals surface area (Å²) in [5, 5.41) is 3.59. The average molecular weight is 735 g/mol. The van der Waals surface area contributed by atoms with Crippen LogP contribution in [0, 0.1) is 6.92 Å². The van der Waals surface area contributed by atoms with Gasteiger partial charge in [0.2, 0.25) is 5.95 Å². The molecule has 0 bridgehead atoms. The first-order valence-corrected chi connectivity index (χ1v) is 19.7. The Kier molecular flexibility index (Phi) is 7.61. The van der Waals surface area contributed by atoms with Gasteiger partial charge in [-0.15, -0.1) is 0 Å². The highest BCUT2D eigenvalue weighted by molar-refractivity contribution is 7.99. The highest BCUT2D eigenvalue weighted by atomic mass is 32.2. The van der Waals surface area contributed by atoms with Crippen molar-refractivity contribution in [2.75, 3.05) is 4.90 Å². The summed E-state index contributed by atoms with van der Waals surface area (Å²) in [6.45, 7) is 2.19. The second-order valence-corrected chi connectivity index (χ2v) is 15.4. The number of fused-ring (bicyclic) bond motifs is 5. The molecule has 8 aromatic carbocycles. The van der Waals surface area contributed by atoms with Gasteiger partial charge < -0.3 is 4.57 Å². The Hall–Kier alpha value is -6.95. The molecular weight excluding hydrogens is 701 g/mol. The third-order valence-electron chi connectivity index (χ3n) is 10.9. The van der Waals surface area contributed by atoms with E-state index in [-0.39, 0.29) is 0 Å². The molecule has 0 atom stereocenters. The van der Waals surface area contributed by atoms with Gasteiger partial charge in [-0.05, 0) is 101 Å². The van der Waals surface area contributed by atoms with Crippen LogP contribution in [0.4, 0.5) is 17.3 Å². The molecule has 0 spiro atoms. The van der Waals surface area contributed by atoms with Gasteiger partial charge in [-0.2, -0.15) is 0 Å². The lowest BCUT2D eigenvalue weighted by Gasteiger charge is -2.27. The molecule has 0 amide bonds. The van der Waals surface area contributed by atoms with Crippen molar-refractivity contribution < 1.29 is 0 Å². The van der Waals surface area contributed by atoms with E-state index in [0.717, 1.165) is 55.9 Å². The minimum absolute atomic E-state index is 0.651. The van der Waals surface area contributed by atoms with Crippen molar-refractivity contribution in [2.24, 2.45) is 0 Å². The van der Waals surface area contributed by atoms with Crippen LogP contribution < -0.4 is 4.90 Å². The van der Waals surface area contributed by atoms with Crippen molar-refractivity contribution in [3.8, 4) is 39.2 Å². The average Bonchev–Trinajstić information content (AvgIpc) is 3.59. The van der Waals surface area contributed by atoms with E-state index in [1.807, 2.05) is 0 Å². The fraction of sp³-hybridized carbons (Fsp3) is 0.0196. The monoisotopic (exact) mass is 734 g/mol. The van der Waals surface area contributed by atoms with E-state index in [1.165, 1.54) is 42.7 Å². The van der Waals surface area contributed by atoms with Crippen LogP contribution in [0.2, 0.25) is 0 Å². The Labute approximate surface area is 329 Å². The minimum Gasteiger partial charge on any atom is -0.309 e. The summed E-state index contributed by atoms with van der Waals surface area (Å²) in [6, 6.07) is 67.2. The highest BCUT2D eigenvalue weighted by Gasteiger charge is 2.25. The number of hydrogen-bond acceptors (Lipinski definition) is 4. The molecule has 264 valence electrons. The Morgan fingerprint density at radius 1 is 0.500 bits per heavy atom. The summed E-state index contributed by atoms with van der Waals surface area (Å²) < 4.78 is 2.40. The highest BCUT2D eigenvalue weighted by Crippen LogP contribution is 2.48. The van der Waals surface area contributed by atoms with Crippen molar-refractivity contribution in [2.45, 2.75) is 16.7 Å². The van der Waals surface area contributed by atoms with E-state index in [0.29, 0.717) is 5.95 Å². The Bertz CT molecular complexity index is 3120. The third-order valence-corrected chi connectivity index (χ3v) is 12.1. The number of anilines is 3. The smallest absolute Gasteiger partial charge is 0.235 e. The lowest BCUT2D eigenvalue weighted by molar-refractivity contribution is 1.09. The van der Waals surface area contributed by atoms with E-state index < -0.39 is 0 Å². The van der Waals surface area contributed by atoms with Crippen LogP contribution in [-0.2, 0) is 0 Å². The van der Waals surface area contributed by atoms with Gasteiger partial charge in [0, 0.05) is 42.9 Å². The lowest BCUT2D eigenvalue weighted by Crippen LogP contribution is -2.15. The van der Waals surface area contributed by atoms with Crippen LogP contribution in [-0.4, -0.2) is 14.5 Å². The minimum atomic E-state index is 0.651. The quantitative estimate of drug-likeness (QED) is 0.170. The largest absolute Gasteiger partial charge is 0.309 e. The van der Waals surface area contributed by atoms with Crippen LogP contribution in [0.25, 0.3) is 71.9 Å². The van der Waals surface area contributed by atoms with Gasteiger partial charge in [0.25, 0.3) is 0 Å². The first-order valence-electron chi connectivity index (χ1n) is 18.9. The standard InChI is InChI=1S/C51H34N4S/c1-33-31-36(37-25-29-41-40-17-8-10-20-45(40)54(46(41)32-37)39-27-23-35(24-28-39)34-13-4-2-5-14-34)26-30-44(33)55(38-15-6-3-7-16-38)51-52-43-19-12-22-48-49(43)50(53-51)42-18-9-11-21-47(42)56-48/h2-32H,1H3. The summed E-state index contributed by atoms with van der Waals surface area (Å²) in [4.78, 5) is 15.2. The maximum absolute atomic E-state index is 5.36. The fourth-order valence-corrected chi connectivity index (χ4v) is 9.38. The van der Waals surface area contributed by atoms with E-state index in [2.05, 4.69) is 204 Å². The first-order chi connectivity index (χ1) is 27.7. The number of rotatable bonds is 6. The molecule has 10 aromatic rings. The maximum Gasteiger partial charge on any atom is 0.235 e. The molecule has 0 aliphatic carbocycles. The number of hydrogen-bond donors (Lipinski definition) is 0. The van der Waals surface area contributed by atoms with Gasteiger partial charge in [-0.3, -0.25) is 4.90 Å². The molecule has 4 nitrogen and oxygen atoms in total. The summed E-state index contributed by atoms with van der Waals surface area (Å²) >= 11 is 1.79. The maximum atomic E-state index is 5.36. The Morgan fingerprint density at radius 3 is 2.00 bits per heavy atom. The van der Waals surface area contributed by atoms with Crippen molar-refractivity contribution in [3.05, 3.63) is 194 Å². The van der Waals surface area contributed by atoms with E-state index in [1.54, 1.807) is 11.8 Å². The van der Waals surface area contributed by atoms with Gasteiger partial charge in [0.1, 0.15) is 0 Å².